The van der Waals surface area contributed by atoms with Crippen LogP contribution in [0.15, 0.2) is 66.7 Å². The van der Waals surface area contributed by atoms with E-state index in [1.165, 1.54) is 11.3 Å². The van der Waals surface area contributed by atoms with Gasteiger partial charge in [-0.1, -0.05) is 12.2 Å². The molecule has 0 bridgehead atoms. The van der Waals surface area contributed by atoms with Crippen LogP contribution in [0.5, 0.6) is 0 Å². The van der Waals surface area contributed by atoms with Crippen molar-refractivity contribution < 1.29 is 4.79 Å². The monoisotopic (exact) mass is 448 g/mol. The van der Waals surface area contributed by atoms with E-state index in [-0.39, 0.29) is 5.91 Å². The summed E-state index contributed by atoms with van der Waals surface area (Å²) >= 11 is 2.99. The number of pyridine rings is 1. The summed E-state index contributed by atoms with van der Waals surface area (Å²) in [6.07, 6.45) is 5.17. The van der Waals surface area contributed by atoms with Crippen LogP contribution >= 0.6 is 22.7 Å². The molecule has 0 unspecified atom stereocenters. The van der Waals surface area contributed by atoms with Crippen molar-refractivity contribution in [2.45, 2.75) is 0 Å². The molecule has 1 aromatic carbocycles. The minimum absolute atomic E-state index is 0.229. The van der Waals surface area contributed by atoms with Gasteiger partial charge >= 0.3 is 0 Å². The lowest BCUT2D eigenvalue weighted by atomic mass is 10.2. The van der Waals surface area contributed by atoms with Crippen molar-refractivity contribution >= 4 is 56.0 Å². The summed E-state index contributed by atoms with van der Waals surface area (Å²) in [5.41, 5.74) is 5.78. The molecule has 156 valence electrons. The number of rotatable bonds is 9. The van der Waals surface area contributed by atoms with Gasteiger partial charge in [-0.2, -0.15) is 0 Å². The Labute approximate surface area is 187 Å². The van der Waals surface area contributed by atoms with Crippen molar-refractivity contribution in [1.82, 2.24) is 20.3 Å². The van der Waals surface area contributed by atoms with Crippen molar-refractivity contribution in [3.8, 4) is 10.6 Å². The lowest BCUT2D eigenvalue weighted by molar-refractivity contribution is 0.0954. The molecule has 4 rings (SSSR count). The summed E-state index contributed by atoms with van der Waals surface area (Å²) in [6, 6.07) is 7.93. The van der Waals surface area contributed by atoms with E-state index < -0.39 is 0 Å². The highest BCUT2D eigenvalue weighted by Gasteiger charge is 2.15. The number of benzene rings is 1. The lowest BCUT2D eigenvalue weighted by Crippen LogP contribution is -2.23. The maximum atomic E-state index is 12.2. The fraction of sp³-hybridized carbons (Fsp3) is 0.0909. The molecule has 3 aromatic heterocycles. The summed E-state index contributed by atoms with van der Waals surface area (Å²) in [7, 11) is 0. The average Bonchev–Trinajstić information content (AvgIpc) is 3.45. The maximum Gasteiger partial charge on any atom is 0.271 e. The summed E-state index contributed by atoms with van der Waals surface area (Å²) in [5, 5.41) is 11.9. The van der Waals surface area contributed by atoms with Gasteiger partial charge in [0.15, 0.2) is 0 Å². The third-order valence-corrected chi connectivity index (χ3v) is 5.99. The zero-order valence-corrected chi connectivity index (χ0v) is 18.2. The highest BCUT2D eigenvalue weighted by atomic mass is 32.1. The summed E-state index contributed by atoms with van der Waals surface area (Å²) in [5.74, 6) is 0.465. The van der Waals surface area contributed by atoms with Crippen LogP contribution in [0.25, 0.3) is 20.8 Å². The molecule has 0 saturated heterocycles. The molecule has 9 heteroatoms. The summed E-state index contributed by atoms with van der Waals surface area (Å²) in [6.45, 7) is 8.36. The molecule has 0 aliphatic carbocycles. The molecule has 7 nitrogen and oxygen atoms in total. The fourth-order valence-electron chi connectivity index (χ4n) is 2.86. The number of nitrogens with one attached hydrogen (secondary N) is 3. The minimum atomic E-state index is -0.229. The van der Waals surface area contributed by atoms with Crippen LogP contribution in [-0.4, -0.2) is 33.9 Å². The number of anilines is 3. The number of fused-ring (bicyclic) bond motifs is 1. The number of hydrogen-bond acceptors (Lipinski definition) is 8. The second-order valence-electron chi connectivity index (χ2n) is 6.48. The van der Waals surface area contributed by atoms with Crippen molar-refractivity contribution in [1.29, 1.82) is 0 Å². The van der Waals surface area contributed by atoms with E-state index in [4.69, 9.17) is 0 Å². The molecule has 0 fully saturated rings. The van der Waals surface area contributed by atoms with E-state index in [9.17, 15) is 4.79 Å². The Morgan fingerprint density at radius 1 is 1.10 bits per heavy atom. The number of nitrogens with zero attached hydrogens (tertiary/aromatic N) is 3. The Balaban J connectivity index is 1.60. The number of aromatic nitrogens is 3. The van der Waals surface area contributed by atoms with Crippen molar-refractivity contribution in [3.05, 3.63) is 72.4 Å². The number of carbonyl (C=O) groups excluding carboxylic acids is 1. The summed E-state index contributed by atoms with van der Waals surface area (Å²) < 4.78 is 1.11. The average molecular weight is 449 g/mol. The highest BCUT2D eigenvalue weighted by Crippen LogP contribution is 2.33. The van der Waals surface area contributed by atoms with Gasteiger partial charge in [0.05, 0.1) is 21.3 Å². The van der Waals surface area contributed by atoms with Crippen LogP contribution in [-0.2, 0) is 0 Å². The Hall–Kier alpha value is -3.56. The predicted octanol–water partition coefficient (Wildman–Crippen LogP) is 5.07. The van der Waals surface area contributed by atoms with E-state index in [1.807, 2.05) is 29.8 Å². The van der Waals surface area contributed by atoms with E-state index in [0.717, 1.165) is 27.2 Å². The number of carbonyl (C=O) groups is 1. The standard InChI is InChI=1S/C22H20N6OS2/c1-3-7-23-17-10-20(27-14-5-6-16-19(9-14)31-13-26-16)25-11-15(17)22-28-18(12-30-22)21(29)24-8-4-2/h3-6,9-13H,1-2,7-8H2,(H,24,29)(H2,23,25,27). The number of hydrogen-bond donors (Lipinski definition) is 3. The van der Waals surface area contributed by atoms with Gasteiger partial charge in [0.2, 0.25) is 0 Å². The van der Waals surface area contributed by atoms with Gasteiger partial charge in [0.1, 0.15) is 16.5 Å². The van der Waals surface area contributed by atoms with E-state index in [1.54, 1.807) is 35.1 Å². The highest BCUT2D eigenvalue weighted by molar-refractivity contribution is 7.16. The van der Waals surface area contributed by atoms with Crippen molar-refractivity contribution in [2.24, 2.45) is 0 Å². The second kappa shape index (κ2) is 9.50. The van der Waals surface area contributed by atoms with Crippen LogP contribution in [0, 0.1) is 0 Å². The van der Waals surface area contributed by atoms with Gasteiger partial charge in [-0.3, -0.25) is 4.79 Å². The van der Waals surface area contributed by atoms with Crippen LogP contribution in [0.1, 0.15) is 10.5 Å². The number of thiazole rings is 2. The van der Waals surface area contributed by atoms with Gasteiger partial charge in [-0.15, -0.1) is 35.8 Å². The molecule has 0 aliphatic heterocycles. The number of amides is 1. The molecule has 3 N–H and O–H groups in total. The fourth-order valence-corrected chi connectivity index (χ4v) is 4.40. The van der Waals surface area contributed by atoms with Crippen LogP contribution in [0.4, 0.5) is 17.2 Å². The third-order valence-electron chi connectivity index (χ3n) is 4.32. The largest absolute Gasteiger partial charge is 0.381 e. The maximum absolute atomic E-state index is 12.2. The first kappa shape index (κ1) is 20.7. The van der Waals surface area contributed by atoms with Gasteiger partial charge in [-0.25, -0.2) is 15.0 Å². The molecule has 0 radical (unpaired) electrons. The Kier molecular flexibility index (Phi) is 6.34. The van der Waals surface area contributed by atoms with Crippen LogP contribution < -0.4 is 16.0 Å². The molecule has 0 spiro atoms. The van der Waals surface area contributed by atoms with Gasteiger partial charge in [0.25, 0.3) is 5.91 Å². The molecule has 1 amide bonds. The summed E-state index contributed by atoms with van der Waals surface area (Å²) in [4.78, 5) is 25.5. The molecule has 0 saturated carbocycles. The van der Waals surface area contributed by atoms with Gasteiger partial charge < -0.3 is 16.0 Å². The molecular weight excluding hydrogens is 428 g/mol. The Morgan fingerprint density at radius 3 is 2.81 bits per heavy atom. The molecule has 3 heterocycles. The molecule has 0 aliphatic rings. The smallest absolute Gasteiger partial charge is 0.271 e. The second-order valence-corrected chi connectivity index (χ2v) is 8.23. The van der Waals surface area contributed by atoms with Gasteiger partial charge in [-0.05, 0) is 18.2 Å². The zero-order chi connectivity index (χ0) is 21.6. The quantitative estimate of drug-likeness (QED) is 0.310. The van der Waals surface area contributed by atoms with E-state index >= 15 is 0 Å². The van der Waals surface area contributed by atoms with E-state index in [0.29, 0.717) is 29.6 Å². The van der Waals surface area contributed by atoms with E-state index in [2.05, 4.69) is 44.1 Å². The first-order valence-corrected chi connectivity index (χ1v) is 11.2. The Bertz CT molecular complexity index is 1250. The third kappa shape index (κ3) is 4.79. The lowest BCUT2D eigenvalue weighted by Gasteiger charge is -2.12. The first-order valence-electron chi connectivity index (χ1n) is 9.48. The predicted molar refractivity (Wildman–Crippen MR) is 129 cm³/mol. The van der Waals surface area contributed by atoms with Crippen molar-refractivity contribution in [3.63, 3.8) is 0 Å². The van der Waals surface area contributed by atoms with Gasteiger partial charge in [0, 0.05) is 42.1 Å². The van der Waals surface area contributed by atoms with Crippen LogP contribution in [0.2, 0.25) is 0 Å². The zero-order valence-electron chi connectivity index (χ0n) is 16.6. The Morgan fingerprint density at radius 2 is 1.97 bits per heavy atom. The molecule has 4 aromatic rings. The molecule has 0 atom stereocenters. The molecule has 31 heavy (non-hydrogen) atoms. The van der Waals surface area contributed by atoms with Crippen molar-refractivity contribution in [2.75, 3.05) is 23.7 Å². The minimum Gasteiger partial charge on any atom is -0.381 e. The normalized spacial score (nSPS) is 10.6. The molecular formula is C22H20N6OS2. The first-order chi connectivity index (χ1) is 15.2. The topological polar surface area (TPSA) is 91.8 Å². The van der Waals surface area contributed by atoms with Crippen LogP contribution in [0.3, 0.4) is 0 Å². The SMILES string of the molecule is C=CCNC(=O)c1csc(-c2cnc(Nc3ccc4ncsc4c3)cc2NCC=C)n1.